The molecule has 1 unspecified atom stereocenters. The molecular formula is C25H42O2. The summed E-state index contributed by atoms with van der Waals surface area (Å²) in [5.74, 6) is 0. The highest BCUT2D eigenvalue weighted by atomic mass is 16.6. The van der Waals surface area contributed by atoms with E-state index in [0.717, 1.165) is 12.0 Å². The molecule has 27 heavy (non-hydrogen) atoms. The van der Waals surface area contributed by atoms with Crippen LogP contribution in [-0.4, -0.2) is 11.7 Å². The predicted molar refractivity (Wildman–Crippen MR) is 117 cm³/mol. The highest BCUT2D eigenvalue weighted by molar-refractivity contribution is 5.15. The van der Waals surface area contributed by atoms with Crippen molar-refractivity contribution in [2.75, 3.05) is 6.61 Å². The first kappa shape index (κ1) is 23.9. The maximum absolute atomic E-state index is 9.92. The predicted octanol–water partition coefficient (Wildman–Crippen LogP) is 7.73. The first-order valence-corrected chi connectivity index (χ1v) is 11.3. The van der Waals surface area contributed by atoms with Crippen molar-refractivity contribution in [3.05, 3.63) is 48.0 Å². The Morgan fingerprint density at radius 2 is 1.26 bits per heavy atom. The summed E-state index contributed by atoms with van der Waals surface area (Å²) in [5, 5.41) is 9.92. The van der Waals surface area contributed by atoms with Crippen LogP contribution in [0.1, 0.15) is 109 Å². The van der Waals surface area contributed by atoms with Crippen LogP contribution < -0.4 is 0 Å². The van der Waals surface area contributed by atoms with Crippen LogP contribution in [0.25, 0.3) is 0 Å². The molecular weight excluding hydrogens is 332 g/mol. The Bertz CT molecular complexity index is 441. The van der Waals surface area contributed by atoms with Crippen molar-refractivity contribution in [3.8, 4) is 0 Å². The van der Waals surface area contributed by atoms with Gasteiger partial charge in [0.15, 0.2) is 6.29 Å². The zero-order chi connectivity index (χ0) is 19.4. The average Bonchev–Trinajstić information content (AvgIpc) is 2.70. The number of aliphatic hydroxyl groups excluding tert-OH is 1. The van der Waals surface area contributed by atoms with Gasteiger partial charge in [0.05, 0.1) is 6.61 Å². The van der Waals surface area contributed by atoms with E-state index in [0.29, 0.717) is 6.61 Å². The highest BCUT2D eigenvalue weighted by Crippen LogP contribution is 2.15. The van der Waals surface area contributed by atoms with Gasteiger partial charge in [-0.05, 0) is 32.1 Å². The Hall–Kier alpha value is -1.12. The summed E-state index contributed by atoms with van der Waals surface area (Å²) in [5.41, 5.74) is 0.835. The van der Waals surface area contributed by atoms with Gasteiger partial charge < -0.3 is 9.84 Å². The maximum atomic E-state index is 9.92. The van der Waals surface area contributed by atoms with E-state index < -0.39 is 6.29 Å². The lowest BCUT2D eigenvalue weighted by atomic mass is 10.1. The normalized spacial score (nSPS) is 12.7. The van der Waals surface area contributed by atoms with E-state index in [1.807, 2.05) is 30.3 Å². The summed E-state index contributed by atoms with van der Waals surface area (Å²) in [6.45, 7) is 2.91. The lowest BCUT2D eigenvalue weighted by Gasteiger charge is -2.11. The molecule has 2 nitrogen and oxygen atoms in total. The molecule has 0 aliphatic heterocycles. The van der Waals surface area contributed by atoms with Crippen LogP contribution in [-0.2, 0) is 4.74 Å². The van der Waals surface area contributed by atoms with Gasteiger partial charge >= 0.3 is 0 Å². The second-order valence-electron chi connectivity index (χ2n) is 7.57. The van der Waals surface area contributed by atoms with Gasteiger partial charge in [0.2, 0.25) is 0 Å². The van der Waals surface area contributed by atoms with Crippen molar-refractivity contribution in [1.82, 2.24) is 0 Å². The van der Waals surface area contributed by atoms with E-state index in [4.69, 9.17) is 4.74 Å². The molecule has 0 aliphatic rings. The van der Waals surface area contributed by atoms with E-state index in [-0.39, 0.29) is 0 Å². The molecule has 2 heteroatoms. The zero-order valence-corrected chi connectivity index (χ0v) is 17.6. The molecule has 1 rings (SSSR count). The number of aliphatic hydroxyl groups is 1. The Morgan fingerprint density at radius 3 is 1.85 bits per heavy atom. The largest absolute Gasteiger partial charge is 0.364 e. The molecule has 0 aliphatic carbocycles. The SMILES string of the molecule is CCCCCCCC/C=C\CCCCCCCCOC(O)c1ccccc1. The van der Waals surface area contributed by atoms with Gasteiger partial charge in [-0.2, -0.15) is 0 Å². The standard InChI is InChI=1S/C25H42O2/c1-2-3-4-5-6-7-8-9-10-11-12-13-14-15-16-20-23-27-25(26)24-21-18-17-19-22-24/h9-10,17-19,21-22,25-26H,2-8,11-16,20,23H2,1H3/b10-9-. The molecule has 0 saturated heterocycles. The van der Waals surface area contributed by atoms with Gasteiger partial charge in [-0.25, -0.2) is 0 Å². The van der Waals surface area contributed by atoms with Crippen molar-refractivity contribution in [1.29, 1.82) is 0 Å². The summed E-state index contributed by atoms with van der Waals surface area (Å²) in [7, 11) is 0. The van der Waals surface area contributed by atoms with Crippen LogP contribution in [0.5, 0.6) is 0 Å². The Kier molecular flexibility index (Phi) is 16.2. The number of ether oxygens (including phenoxy) is 1. The topological polar surface area (TPSA) is 29.5 Å². The fraction of sp³-hybridized carbons (Fsp3) is 0.680. The second kappa shape index (κ2) is 18.3. The molecule has 0 radical (unpaired) electrons. The molecule has 0 spiro atoms. The van der Waals surface area contributed by atoms with Crippen LogP contribution in [0.2, 0.25) is 0 Å². The molecule has 1 aromatic carbocycles. The number of hydrogen-bond acceptors (Lipinski definition) is 2. The summed E-state index contributed by atoms with van der Waals surface area (Å²) in [6.07, 6.45) is 22.3. The molecule has 0 bridgehead atoms. The number of unbranched alkanes of at least 4 members (excludes halogenated alkanes) is 12. The van der Waals surface area contributed by atoms with E-state index in [2.05, 4.69) is 19.1 Å². The number of hydrogen-bond donors (Lipinski definition) is 1. The summed E-state index contributed by atoms with van der Waals surface area (Å²) in [4.78, 5) is 0. The van der Waals surface area contributed by atoms with Gasteiger partial charge in [0, 0.05) is 5.56 Å². The van der Waals surface area contributed by atoms with Crippen molar-refractivity contribution in [3.63, 3.8) is 0 Å². The molecule has 154 valence electrons. The molecule has 1 N–H and O–H groups in total. The van der Waals surface area contributed by atoms with Crippen molar-refractivity contribution >= 4 is 0 Å². The second-order valence-corrected chi connectivity index (χ2v) is 7.57. The molecule has 0 fully saturated rings. The molecule has 1 aromatic rings. The first-order chi connectivity index (χ1) is 13.3. The van der Waals surface area contributed by atoms with E-state index >= 15 is 0 Å². The molecule has 0 heterocycles. The highest BCUT2D eigenvalue weighted by Gasteiger charge is 2.05. The number of benzene rings is 1. The van der Waals surface area contributed by atoms with Gasteiger partial charge in [0.25, 0.3) is 0 Å². The smallest absolute Gasteiger partial charge is 0.181 e. The Balaban J connectivity index is 1.79. The van der Waals surface area contributed by atoms with Gasteiger partial charge in [-0.3, -0.25) is 0 Å². The van der Waals surface area contributed by atoms with Crippen molar-refractivity contribution in [2.45, 2.75) is 103 Å². The van der Waals surface area contributed by atoms with Gasteiger partial charge in [0.1, 0.15) is 0 Å². The zero-order valence-electron chi connectivity index (χ0n) is 17.6. The molecule has 0 amide bonds. The third kappa shape index (κ3) is 14.6. The quantitative estimate of drug-likeness (QED) is 0.162. The molecule has 0 aromatic heterocycles. The number of rotatable bonds is 18. The van der Waals surface area contributed by atoms with E-state index in [1.165, 1.54) is 83.5 Å². The maximum Gasteiger partial charge on any atom is 0.181 e. The monoisotopic (exact) mass is 374 g/mol. The fourth-order valence-electron chi connectivity index (χ4n) is 3.26. The Morgan fingerprint density at radius 1 is 0.741 bits per heavy atom. The lowest BCUT2D eigenvalue weighted by Crippen LogP contribution is -2.04. The minimum atomic E-state index is -0.783. The third-order valence-corrected chi connectivity index (χ3v) is 5.02. The van der Waals surface area contributed by atoms with Gasteiger partial charge in [-0.15, -0.1) is 0 Å². The van der Waals surface area contributed by atoms with Crippen molar-refractivity contribution < 1.29 is 9.84 Å². The van der Waals surface area contributed by atoms with Crippen molar-refractivity contribution in [2.24, 2.45) is 0 Å². The van der Waals surface area contributed by atoms with Crippen LogP contribution in [0, 0.1) is 0 Å². The summed E-state index contributed by atoms with van der Waals surface area (Å²) < 4.78 is 5.49. The average molecular weight is 375 g/mol. The minimum Gasteiger partial charge on any atom is -0.364 e. The van der Waals surface area contributed by atoms with E-state index in [1.54, 1.807) is 0 Å². The first-order valence-electron chi connectivity index (χ1n) is 11.3. The minimum absolute atomic E-state index is 0.636. The van der Waals surface area contributed by atoms with Crippen LogP contribution in [0.4, 0.5) is 0 Å². The number of allylic oxidation sites excluding steroid dienone is 2. The molecule has 1 atom stereocenters. The summed E-state index contributed by atoms with van der Waals surface area (Å²) in [6, 6.07) is 9.58. The Labute approximate surface area is 168 Å². The summed E-state index contributed by atoms with van der Waals surface area (Å²) >= 11 is 0. The lowest BCUT2D eigenvalue weighted by molar-refractivity contribution is -0.103. The third-order valence-electron chi connectivity index (χ3n) is 5.02. The molecule has 0 saturated carbocycles. The van der Waals surface area contributed by atoms with E-state index in [9.17, 15) is 5.11 Å². The van der Waals surface area contributed by atoms with Gasteiger partial charge in [-0.1, -0.05) is 107 Å². The van der Waals surface area contributed by atoms with Crippen LogP contribution >= 0.6 is 0 Å². The van der Waals surface area contributed by atoms with Crippen LogP contribution in [0.15, 0.2) is 42.5 Å². The van der Waals surface area contributed by atoms with Crippen LogP contribution in [0.3, 0.4) is 0 Å². The fourth-order valence-corrected chi connectivity index (χ4v) is 3.26.